The minimum Gasteiger partial charge on any atom is -0.313 e. The number of aryl methyl sites for hydroxylation is 1. The molecule has 0 saturated heterocycles. The Balaban J connectivity index is 1.67. The molecule has 0 saturated carbocycles. The maximum atomic E-state index is 12.7. The van der Waals surface area contributed by atoms with Crippen LogP contribution in [-0.2, 0) is 13.0 Å². The zero-order valence-electron chi connectivity index (χ0n) is 10.7. The van der Waals surface area contributed by atoms with Gasteiger partial charge in [0, 0.05) is 11.6 Å². The van der Waals surface area contributed by atoms with Gasteiger partial charge in [0.2, 0.25) is 0 Å². The Labute approximate surface area is 118 Å². The molecule has 0 spiro atoms. The van der Waals surface area contributed by atoms with Crippen LogP contribution in [0.25, 0.3) is 0 Å². The first-order valence-electron chi connectivity index (χ1n) is 6.44. The summed E-state index contributed by atoms with van der Waals surface area (Å²) in [5.74, 6) is -0.192. The quantitative estimate of drug-likeness (QED) is 0.780. The molecule has 19 heavy (non-hydrogen) atoms. The van der Waals surface area contributed by atoms with E-state index in [0.717, 1.165) is 36.5 Å². The summed E-state index contributed by atoms with van der Waals surface area (Å²) >= 11 is 6.09. The molecule has 0 atom stereocenters. The third-order valence-corrected chi connectivity index (χ3v) is 3.37. The van der Waals surface area contributed by atoms with Crippen molar-refractivity contribution < 1.29 is 4.39 Å². The molecule has 0 amide bonds. The molecule has 2 aromatic rings. The molecule has 0 radical (unpaired) electrons. The summed E-state index contributed by atoms with van der Waals surface area (Å²) in [6.07, 6.45) is 2.00. The van der Waals surface area contributed by atoms with Crippen LogP contribution in [0.4, 0.5) is 4.39 Å². The molecule has 3 heteroatoms. The van der Waals surface area contributed by atoms with Crippen LogP contribution in [0.3, 0.4) is 0 Å². The summed E-state index contributed by atoms with van der Waals surface area (Å²) in [5, 5.41) is 4.18. The Kier molecular flexibility index (Phi) is 5.37. The lowest BCUT2D eigenvalue weighted by Gasteiger charge is -2.06. The maximum absolute atomic E-state index is 12.7. The van der Waals surface area contributed by atoms with E-state index >= 15 is 0 Å². The van der Waals surface area contributed by atoms with Crippen molar-refractivity contribution in [2.75, 3.05) is 6.54 Å². The number of rotatable bonds is 6. The van der Waals surface area contributed by atoms with Crippen LogP contribution in [0.2, 0.25) is 5.02 Å². The Morgan fingerprint density at radius 2 is 1.74 bits per heavy atom. The molecule has 2 aromatic carbocycles. The Morgan fingerprint density at radius 1 is 1.00 bits per heavy atom. The number of nitrogens with one attached hydrogen (secondary N) is 1. The molecule has 2 rings (SSSR count). The molecule has 0 heterocycles. The van der Waals surface area contributed by atoms with Gasteiger partial charge < -0.3 is 5.32 Å². The van der Waals surface area contributed by atoms with Gasteiger partial charge in [-0.05, 0) is 48.7 Å². The van der Waals surface area contributed by atoms with E-state index in [1.807, 2.05) is 18.2 Å². The zero-order valence-corrected chi connectivity index (χ0v) is 11.5. The number of halogens is 2. The van der Waals surface area contributed by atoms with E-state index in [9.17, 15) is 4.39 Å². The lowest BCUT2D eigenvalue weighted by atomic mass is 10.1. The van der Waals surface area contributed by atoms with Crippen molar-refractivity contribution in [2.24, 2.45) is 0 Å². The lowest BCUT2D eigenvalue weighted by Crippen LogP contribution is -2.15. The molecule has 100 valence electrons. The number of hydrogen-bond acceptors (Lipinski definition) is 1. The summed E-state index contributed by atoms with van der Waals surface area (Å²) in [6.45, 7) is 1.69. The Morgan fingerprint density at radius 3 is 2.47 bits per heavy atom. The summed E-state index contributed by atoms with van der Waals surface area (Å²) in [6, 6.07) is 14.5. The highest BCUT2D eigenvalue weighted by molar-refractivity contribution is 6.31. The third-order valence-electron chi connectivity index (χ3n) is 3.00. The molecule has 0 aliphatic heterocycles. The molecule has 1 nitrogen and oxygen atoms in total. The van der Waals surface area contributed by atoms with Crippen LogP contribution >= 0.6 is 11.6 Å². The second-order valence-electron chi connectivity index (χ2n) is 4.50. The molecule has 0 bridgehead atoms. The van der Waals surface area contributed by atoms with Crippen molar-refractivity contribution in [3.63, 3.8) is 0 Å². The van der Waals surface area contributed by atoms with Gasteiger partial charge in [0.05, 0.1) is 0 Å². The molecule has 0 aliphatic rings. The first kappa shape index (κ1) is 14.0. The van der Waals surface area contributed by atoms with E-state index in [0.29, 0.717) is 0 Å². The average Bonchev–Trinajstić information content (AvgIpc) is 2.42. The predicted octanol–water partition coefficient (Wildman–Crippen LogP) is 4.20. The van der Waals surface area contributed by atoms with Crippen LogP contribution in [0.15, 0.2) is 48.5 Å². The van der Waals surface area contributed by atoms with E-state index in [1.54, 1.807) is 12.1 Å². The monoisotopic (exact) mass is 277 g/mol. The highest BCUT2D eigenvalue weighted by Crippen LogP contribution is 2.16. The second kappa shape index (κ2) is 7.27. The van der Waals surface area contributed by atoms with Gasteiger partial charge in [-0.1, -0.05) is 41.9 Å². The topological polar surface area (TPSA) is 12.0 Å². The lowest BCUT2D eigenvalue weighted by molar-refractivity contribution is 0.622. The van der Waals surface area contributed by atoms with Crippen molar-refractivity contribution in [1.29, 1.82) is 0 Å². The van der Waals surface area contributed by atoms with Gasteiger partial charge in [-0.15, -0.1) is 0 Å². The molecule has 0 fully saturated rings. The van der Waals surface area contributed by atoms with Gasteiger partial charge in [-0.3, -0.25) is 0 Å². The predicted molar refractivity (Wildman–Crippen MR) is 77.9 cm³/mol. The normalized spacial score (nSPS) is 10.6. The fourth-order valence-electron chi connectivity index (χ4n) is 1.94. The fourth-order valence-corrected chi connectivity index (χ4v) is 2.17. The summed E-state index contributed by atoms with van der Waals surface area (Å²) in [7, 11) is 0. The third kappa shape index (κ3) is 4.66. The second-order valence-corrected chi connectivity index (χ2v) is 4.91. The average molecular weight is 278 g/mol. The molecular formula is C16H17ClFN. The van der Waals surface area contributed by atoms with Gasteiger partial charge in [0.25, 0.3) is 0 Å². The van der Waals surface area contributed by atoms with Crippen molar-refractivity contribution in [1.82, 2.24) is 5.32 Å². The van der Waals surface area contributed by atoms with Crippen LogP contribution in [0, 0.1) is 5.82 Å². The molecule has 0 aliphatic carbocycles. The minimum absolute atomic E-state index is 0.192. The molecule has 0 unspecified atom stereocenters. The van der Waals surface area contributed by atoms with Gasteiger partial charge in [-0.2, -0.15) is 0 Å². The first-order chi connectivity index (χ1) is 9.25. The molecule has 1 N–H and O–H groups in total. The van der Waals surface area contributed by atoms with Crippen LogP contribution in [0.5, 0.6) is 0 Å². The molecular weight excluding hydrogens is 261 g/mol. The number of benzene rings is 2. The van der Waals surface area contributed by atoms with Crippen molar-refractivity contribution in [3.8, 4) is 0 Å². The Bertz CT molecular complexity index is 510. The Hall–Kier alpha value is -1.38. The summed E-state index contributed by atoms with van der Waals surface area (Å²) in [5.41, 5.74) is 2.28. The van der Waals surface area contributed by atoms with Crippen LogP contribution in [-0.4, -0.2) is 6.54 Å². The summed E-state index contributed by atoms with van der Waals surface area (Å²) < 4.78 is 12.7. The summed E-state index contributed by atoms with van der Waals surface area (Å²) in [4.78, 5) is 0. The van der Waals surface area contributed by atoms with E-state index < -0.39 is 0 Å². The smallest absolute Gasteiger partial charge is 0.123 e. The largest absolute Gasteiger partial charge is 0.313 e. The zero-order chi connectivity index (χ0) is 13.5. The van der Waals surface area contributed by atoms with E-state index in [4.69, 9.17) is 11.6 Å². The van der Waals surface area contributed by atoms with E-state index in [1.165, 1.54) is 17.7 Å². The van der Waals surface area contributed by atoms with Gasteiger partial charge in [0.1, 0.15) is 5.82 Å². The van der Waals surface area contributed by atoms with Crippen molar-refractivity contribution in [2.45, 2.75) is 19.4 Å². The van der Waals surface area contributed by atoms with Gasteiger partial charge in [-0.25, -0.2) is 4.39 Å². The fraction of sp³-hybridized carbons (Fsp3) is 0.250. The van der Waals surface area contributed by atoms with Crippen molar-refractivity contribution in [3.05, 3.63) is 70.5 Å². The van der Waals surface area contributed by atoms with Crippen molar-refractivity contribution >= 4 is 11.6 Å². The standard InChI is InChI=1S/C16H17ClFN/c17-16-6-2-1-4-14(16)5-3-11-19-12-13-7-9-15(18)10-8-13/h1-2,4,6-10,19H,3,5,11-12H2. The number of hydrogen-bond donors (Lipinski definition) is 1. The first-order valence-corrected chi connectivity index (χ1v) is 6.82. The maximum Gasteiger partial charge on any atom is 0.123 e. The molecule has 0 aromatic heterocycles. The van der Waals surface area contributed by atoms with Crippen LogP contribution in [0.1, 0.15) is 17.5 Å². The van der Waals surface area contributed by atoms with E-state index in [-0.39, 0.29) is 5.82 Å². The van der Waals surface area contributed by atoms with Gasteiger partial charge in [0.15, 0.2) is 0 Å². The van der Waals surface area contributed by atoms with E-state index in [2.05, 4.69) is 11.4 Å². The highest BCUT2D eigenvalue weighted by atomic mass is 35.5. The van der Waals surface area contributed by atoms with Crippen LogP contribution < -0.4 is 5.32 Å². The minimum atomic E-state index is -0.192. The van der Waals surface area contributed by atoms with Gasteiger partial charge >= 0.3 is 0 Å². The SMILES string of the molecule is Fc1ccc(CNCCCc2ccccc2Cl)cc1. The highest BCUT2D eigenvalue weighted by Gasteiger charge is 1.98.